The average Bonchev–Trinajstić information content (AvgIpc) is 2.90. The molecule has 84 valence electrons. The summed E-state index contributed by atoms with van der Waals surface area (Å²) >= 11 is 0. The molecule has 2 rings (SSSR count). The van der Waals surface area contributed by atoms with Crippen LogP contribution in [0, 0.1) is 11.3 Å². The number of nitrogens with one attached hydrogen (secondary N) is 1. The van der Waals surface area contributed by atoms with Crippen LogP contribution in [0.1, 0.15) is 11.1 Å². The van der Waals surface area contributed by atoms with E-state index in [0.717, 1.165) is 5.56 Å². The number of rotatable bonds is 2. The molecule has 0 saturated carbocycles. The first-order valence-corrected chi connectivity index (χ1v) is 5.05. The fourth-order valence-corrected chi connectivity index (χ4v) is 1.40. The minimum Gasteiger partial charge on any atom is -0.333 e. The van der Waals surface area contributed by atoms with E-state index in [9.17, 15) is 4.79 Å². The normalized spacial score (nSPS) is 9.59. The van der Waals surface area contributed by atoms with Gasteiger partial charge in [0.25, 0.3) is 0 Å². The van der Waals surface area contributed by atoms with E-state index in [1.54, 1.807) is 24.4 Å². The van der Waals surface area contributed by atoms with Crippen LogP contribution in [0.25, 0.3) is 0 Å². The summed E-state index contributed by atoms with van der Waals surface area (Å²) in [6.45, 7) is 0.381. The third kappa shape index (κ3) is 2.69. The molecule has 1 aromatic carbocycles. The molecule has 1 amide bonds. The number of benzene rings is 1. The van der Waals surface area contributed by atoms with Crippen molar-refractivity contribution in [2.24, 2.45) is 0 Å². The van der Waals surface area contributed by atoms with Crippen LogP contribution in [0.4, 0.5) is 4.79 Å². The Morgan fingerprint density at radius 1 is 1.53 bits per heavy atom. The number of nitrogens with zero attached hydrogens (tertiary/aromatic N) is 3. The highest BCUT2D eigenvalue weighted by atomic mass is 16.2. The van der Waals surface area contributed by atoms with Crippen molar-refractivity contribution < 1.29 is 4.79 Å². The Kier molecular flexibility index (Phi) is 3.17. The van der Waals surface area contributed by atoms with Gasteiger partial charge in [-0.05, 0) is 17.7 Å². The van der Waals surface area contributed by atoms with Gasteiger partial charge in [-0.15, -0.1) is 0 Å². The van der Waals surface area contributed by atoms with E-state index >= 15 is 0 Å². The van der Waals surface area contributed by atoms with Crippen LogP contribution in [-0.2, 0) is 6.54 Å². The predicted octanol–water partition coefficient (Wildman–Crippen LogP) is 1.51. The van der Waals surface area contributed by atoms with Gasteiger partial charge in [0.05, 0.1) is 11.6 Å². The summed E-state index contributed by atoms with van der Waals surface area (Å²) in [7, 11) is 0. The number of imidazole rings is 1. The van der Waals surface area contributed by atoms with E-state index in [0.29, 0.717) is 12.1 Å². The monoisotopic (exact) mass is 226 g/mol. The molecule has 17 heavy (non-hydrogen) atoms. The predicted molar refractivity (Wildman–Crippen MR) is 61.0 cm³/mol. The third-order valence-electron chi connectivity index (χ3n) is 2.24. The number of carbonyl (C=O) groups excluding carboxylic acids is 1. The molecule has 0 spiro atoms. The van der Waals surface area contributed by atoms with Crippen molar-refractivity contribution in [2.45, 2.75) is 6.54 Å². The Balaban J connectivity index is 1.98. The van der Waals surface area contributed by atoms with Crippen molar-refractivity contribution in [2.75, 3.05) is 0 Å². The zero-order chi connectivity index (χ0) is 12.1. The van der Waals surface area contributed by atoms with Gasteiger partial charge in [-0.25, -0.2) is 9.78 Å². The second-order valence-electron chi connectivity index (χ2n) is 3.44. The van der Waals surface area contributed by atoms with Gasteiger partial charge in [0.2, 0.25) is 0 Å². The van der Waals surface area contributed by atoms with E-state index in [-0.39, 0.29) is 6.03 Å². The van der Waals surface area contributed by atoms with Crippen LogP contribution in [0.3, 0.4) is 0 Å². The number of amides is 1. The van der Waals surface area contributed by atoms with Gasteiger partial charge < -0.3 is 5.32 Å². The molecule has 0 aliphatic carbocycles. The minimum atomic E-state index is -0.245. The number of hydrogen-bond acceptors (Lipinski definition) is 3. The Hall–Kier alpha value is -2.61. The van der Waals surface area contributed by atoms with Crippen molar-refractivity contribution in [3.05, 3.63) is 54.1 Å². The summed E-state index contributed by atoms with van der Waals surface area (Å²) in [5.41, 5.74) is 1.47. The standard InChI is InChI=1S/C12H10N4O/c13-7-10-2-1-3-11(6-10)8-15-12(17)16-5-4-14-9-16/h1-6,9H,8H2,(H,15,17). The molecule has 1 N–H and O–H groups in total. The Morgan fingerprint density at radius 3 is 3.12 bits per heavy atom. The molecular weight excluding hydrogens is 216 g/mol. The van der Waals surface area contributed by atoms with Gasteiger partial charge in [-0.2, -0.15) is 5.26 Å². The molecule has 5 nitrogen and oxygen atoms in total. The molecule has 0 radical (unpaired) electrons. The van der Waals surface area contributed by atoms with Crippen molar-refractivity contribution in [3.63, 3.8) is 0 Å². The lowest BCUT2D eigenvalue weighted by Crippen LogP contribution is -2.26. The van der Waals surface area contributed by atoms with Crippen molar-refractivity contribution in [1.29, 1.82) is 5.26 Å². The van der Waals surface area contributed by atoms with Crippen LogP contribution >= 0.6 is 0 Å². The van der Waals surface area contributed by atoms with Crippen LogP contribution < -0.4 is 5.32 Å². The van der Waals surface area contributed by atoms with Crippen molar-refractivity contribution >= 4 is 6.03 Å². The number of nitriles is 1. The number of carbonyl (C=O) groups is 1. The molecule has 2 aromatic rings. The maximum atomic E-state index is 11.6. The zero-order valence-electron chi connectivity index (χ0n) is 9.00. The molecule has 0 unspecified atom stereocenters. The molecule has 0 aliphatic rings. The van der Waals surface area contributed by atoms with Gasteiger partial charge >= 0.3 is 6.03 Å². The van der Waals surface area contributed by atoms with E-state index < -0.39 is 0 Å². The van der Waals surface area contributed by atoms with Crippen molar-refractivity contribution in [1.82, 2.24) is 14.9 Å². The van der Waals surface area contributed by atoms with E-state index in [1.807, 2.05) is 6.07 Å². The maximum absolute atomic E-state index is 11.6. The molecule has 0 bridgehead atoms. The highest BCUT2D eigenvalue weighted by Gasteiger charge is 2.02. The molecule has 0 fully saturated rings. The average molecular weight is 226 g/mol. The summed E-state index contributed by atoms with van der Waals surface area (Å²) in [4.78, 5) is 15.4. The largest absolute Gasteiger partial charge is 0.333 e. The molecule has 0 saturated heterocycles. The SMILES string of the molecule is N#Cc1cccc(CNC(=O)n2ccnc2)c1. The van der Waals surface area contributed by atoms with Gasteiger partial charge in [0, 0.05) is 18.9 Å². The van der Waals surface area contributed by atoms with Crippen LogP contribution in [0.15, 0.2) is 43.0 Å². The van der Waals surface area contributed by atoms with Gasteiger partial charge in [-0.3, -0.25) is 4.57 Å². The quantitative estimate of drug-likeness (QED) is 0.843. The summed E-state index contributed by atoms with van der Waals surface area (Å²) in [5, 5.41) is 11.5. The van der Waals surface area contributed by atoms with Crippen LogP contribution in [0.5, 0.6) is 0 Å². The lowest BCUT2D eigenvalue weighted by atomic mass is 10.1. The summed E-state index contributed by atoms with van der Waals surface area (Å²) < 4.78 is 1.36. The summed E-state index contributed by atoms with van der Waals surface area (Å²) in [5.74, 6) is 0. The van der Waals surface area contributed by atoms with E-state index in [1.165, 1.54) is 17.1 Å². The molecule has 5 heteroatoms. The first-order chi connectivity index (χ1) is 8.29. The van der Waals surface area contributed by atoms with Gasteiger partial charge in [-0.1, -0.05) is 12.1 Å². The lowest BCUT2D eigenvalue weighted by molar-refractivity contribution is 0.242. The second kappa shape index (κ2) is 4.94. The minimum absolute atomic E-state index is 0.245. The lowest BCUT2D eigenvalue weighted by Gasteiger charge is -2.05. The van der Waals surface area contributed by atoms with E-state index in [4.69, 9.17) is 5.26 Å². The number of hydrogen-bond donors (Lipinski definition) is 1. The molecular formula is C12H10N4O. The first kappa shape index (κ1) is 10.9. The fourth-order valence-electron chi connectivity index (χ4n) is 1.40. The van der Waals surface area contributed by atoms with Crippen LogP contribution in [-0.4, -0.2) is 15.6 Å². The number of aromatic nitrogens is 2. The highest BCUT2D eigenvalue weighted by molar-refractivity contribution is 5.76. The smallest absolute Gasteiger partial charge is 0.327 e. The zero-order valence-corrected chi connectivity index (χ0v) is 9.00. The summed E-state index contributed by atoms with van der Waals surface area (Å²) in [6.07, 6.45) is 4.54. The molecule has 1 aromatic heterocycles. The van der Waals surface area contributed by atoms with Gasteiger partial charge in [0.15, 0.2) is 0 Å². The Bertz CT molecular complexity index is 554. The maximum Gasteiger partial charge on any atom is 0.327 e. The first-order valence-electron chi connectivity index (χ1n) is 5.05. The Morgan fingerprint density at radius 2 is 2.41 bits per heavy atom. The molecule has 0 aliphatic heterocycles. The summed E-state index contributed by atoms with van der Waals surface area (Å²) in [6, 6.07) is 8.92. The molecule has 1 heterocycles. The second-order valence-corrected chi connectivity index (χ2v) is 3.44. The third-order valence-corrected chi connectivity index (χ3v) is 2.24. The molecule has 0 atom stereocenters. The van der Waals surface area contributed by atoms with Crippen molar-refractivity contribution in [3.8, 4) is 6.07 Å². The fraction of sp³-hybridized carbons (Fsp3) is 0.0833. The van der Waals surface area contributed by atoms with Crippen LogP contribution in [0.2, 0.25) is 0 Å². The van der Waals surface area contributed by atoms with E-state index in [2.05, 4.69) is 16.4 Å². The topological polar surface area (TPSA) is 70.7 Å². The highest BCUT2D eigenvalue weighted by Crippen LogP contribution is 2.03. The Labute approximate surface area is 98.3 Å². The van der Waals surface area contributed by atoms with Gasteiger partial charge in [0.1, 0.15) is 6.33 Å².